The molecule has 0 unspecified atom stereocenters. The van der Waals surface area contributed by atoms with Crippen LogP contribution >= 0.6 is 0 Å². The fourth-order valence-electron chi connectivity index (χ4n) is 3.50. The van der Waals surface area contributed by atoms with Gasteiger partial charge in [-0.05, 0) is 53.9 Å². The van der Waals surface area contributed by atoms with Crippen LogP contribution in [0, 0.1) is 0 Å². The lowest BCUT2D eigenvalue weighted by Gasteiger charge is -2.09. The summed E-state index contributed by atoms with van der Waals surface area (Å²) >= 11 is 0. The molecule has 0 aliphatic heterocycles. The lowest BCUT2D eigenvalue weighted by atomic mass is 9.99. The largest absolute Gasteiger partial charge is 0.507 e. The second-order valence-electron chi connectivity index (χ2n) is 7.92. The third-order valence-electron chi connectivity index (χ3n) is 5.29. The van der Waals surface area contributed by atoms with Crippen LogP contribution in [-0.4, -0.2) is 29.4 Å². The summed E-state index contributed by atoms with van der Waals surface area (Å²) in [6.07, 6.45) is 3.37. The van der Waals surface area contributed by atoms with Gasteiger partial charge in [-0.15, -0.1) is 0 Å². The van der Waals surface area contributed by atoms with Gasteiger partial charge in [-0.2, -0.15) is 10.2 Å². The molecule has 4 aromatic rings. The Morgan fingerprint density at radius 2 is 1.06 bits per heavy atom. The van der Waals surface area contributed by atoms with E-state index in [1.165, 1.54) is 12.4 Å². The maximum atomic E-state index is 12.3. The number of nitrogens with one attached hydrogen (secondary N) is 2. The number of hydrogen-bond donors (Lipinski definition) is 3. The number of aromatic hydroxyl groups is 1. The van der Waals surface area contributed by atoms with E-state index in [0.717, 1.165) is 11.1 Å². The zero-order chi connectivity index (χ0) is 25.2. The van der Waals surface area contributed by atoms with Crippen LogP contribution in [-0.2, 0) is 6.42 Å². The number of carbonyl (C=O) groups is 2. The number of carbonyl (C=O) groups excluding carboxylic acids is 2. The van der Waals surface area contributed by atoms with Crippen molar-refractivity contribution < 1.29 is 14.7 Å². The monoisotopic (exact) mass is 476 g/mol. The second-order valence-corrected chi connectivity index (χ2v) is 7.92. The second kappa shape index (κ2) is 11.9. The lowest BCUT2D eigenvalue weighted by Crippen LogP contribution is -2.17. The molecule has 36 heavy (non-hydrogen) atoms. The Labute approximate surface area is 208 Å². The van der Waals surface area contributed by atoms with E-state index in [9.17, 15) is 14.7 Å². The molecule has 4 aromatic carbocycles. The van der Waals surface area contributed by atoms with Crippen molar-refractivity contribution in [2.24, 2.45) is 10.2 Å². The average Bonchev–Trinajstić information content (AvgIpc) is 2.92. The van der Waals surface area contributed by atoms with E-state index in [1.807, 2.05) is 42.5 Å². The van der Waals surface area contributed by atoms with Crippen molar-refractivity contribution in [1.82, 2.24) is 10.9 Å². The molecule has 0 aromatic heterocycles. The summed E-state index contributed by atoms with van der Waals surface area (Å²) < 4.78 is 0. The lowest BCUT2D eigenvalue weighted by molar-refractivity contribution is 0.0947. The fourth-order valence-corrected chi connectivity index (χ4v) is 3.50. The van der Waals surface area contributed by atoms with Crippen molar-refractivity contribution in [3.05, 3.63) is 137 Å². The summed E-state index contributed by atoms with van der Waals surface area (Å²) in [7, 11) is 0. The Bertz CT molecular complexity index is 1300. The van der Waals surface area contributed by atoms with Crippen LogP contribution in [0.4, 0.5) is 0 Å². The maximum absolute atomic E-state index is 12.3. The van der Waals surface area contributed by atoms with Crippen LogP contribution < -0.4 is 10.9 Å². The van der Waals surface area contributed by atoms with Crippen LogP contribution in [0.2, 0.25) is 0 Å². The number of hydrazone groups is 2. The number of benzene rings is 4. The number of phenols is 1. The Morgan fingerprint density at radius 3 is 1.50 bits per heavy atom. The van der Waals surface area contributed by atoms with Crippen molar-refractivity contribution in [1.29, 1.82) is 0 Å². The van der Waals surface area contributed by atoms with Gasteiger partial charge in [-0.25, -0.2) is 10.9 Å². The molecular formula is C29H24N4O3. The summed E-state index contributed by atoms with van der Waals surface area (Å²) in [6.45, 7) is 0. The molecule has 4 rings (SSSR count). The molecular weight excluding hydrogens is 452 g/mol. The highest BCUT2D eigenvalue weighted by atomic mass is 16.3. The summed E-state index contributed by atoms with van der Waals surface area (Å²) in [6, 6.07) is 30.9. The molecule has 0 spiro atoms. The molecule has 7 heteroatoms. The van der Waals surface area contributed by atoms with Crippen LogP contribution in [0.5, 0.6) is 5.75 Å². The van der Waals surface area contributed by atoms with Gasteiger partial charge in [0.2, 0.25) is 0 Å². The maximum Gasteiger partial charge on any atom is 0.271 e. The number of rotatable bonds is 8. The first kappa shape index (κ1) is 24.1. The molecule has 3 N–H and O–H groups in total. The fraction of sp³-hybridized carbons (Fsp3) is 0.0345. The predicted octanol–water partition coefficient (Wildman–Crippen LogP) is 4.51. The number of nitrogens with zero attached hydrogens (tertiary/aromatic N) is 2. The van der Waals surface area contributed by atoms with E-state index in [0.29, 0.717) is 28.7 Å². The van der Waals surface area contributed by atoms with E-state index in [-0.39, 0.29) is 17.6 Å². The van der Waals surface area contributed by atoms with Gasteiger partial charge in [0, 0.05) is 22.3 Å². The highest BCUT2D eigenvalue weighted by Gasteiger charge is 2.10. The van der Waals surface area contributed by atoms with Gasteiger partial charge in [0.1, 0.15) is 5.75 Å². The van der Waals surface area contributed by atoms with Gasteiger partial charge in [-0.3, -0.25) is 9.59 Å². The smallest absolute Gasteiger partial charge is 0.271 e. The normalized spacial score (nSPS) is 11.0. The Morgan fingerprint density at radius 1 is 0.639 bits per heavy atom. The molecule has 0 bridgehead atoms. The quantitative estimate of drug-likeness (QED) is 0.257. The van der Waals surface area contributed by atoms with Crippen LogP contribution in [0.3, 0.4) is 0 Å². The van der Waals surface area contributed by atoms with Crippen LogP contribution in [0.25, 0.3) is 0 Å². The molecule has 0 saturated carbocycles. The first-order valence-corrected chi connectivity index (χ1v) is 11.3. The molecule has 0 atom stereocenters. The first-order valence-electron chi connectivity index (χ1n) is 11.3. The Hall–Kier alpha value is -5.04. The number of amides is 2. The molecule has 0 fully saturated rings. The summed E-state index contributed by atoms with van der Waals surface area (Å²) in [5.41, 5.74) is 8.65. The van der Waals surface area contributed by atoms with Gasteiger partial charge in [0.05, 0.1) is 12.4 Å². The predicted molar refractivity (Wildman–Crippen MR) is 140 cm³/mol. The van der Waals surface area contributed by atoms with Crippen molar-refractivity contribution in [2.45, 2.75) is 6.42 Å². The molecule has 178 valence electrons. The van der Waals surface area contributed by atoms with Gasteiger partial charge >= 0.3 is 0 Å². The summed E-state index contributed by atoms with van der Waals surface area (Å²) in [5, 5.41) is 18.9. The van der Waals surface area contributed by atoms with Gasteiger partial charge in [-0.1, -0.05) is 66.7 Å². The van der Waals surface area contributed by atoms with E-state index >= 15 is 0 Å². The Balaban J connectivity index is 1.56. The molecule has 2 amide bonds. The molecule has 0 aliphatic rings. The molecule has 7 nitrogen and oxygen atoms in total. The SMILES string of the molecule is O=C(N/N=C\c1cc(Cc2ccccc2)cc(/C=N\NC(=O)c2ccccc2)c1O)c1ccccc1. The third kappa shape index (κ3) is 6.51. The summed E-state index contributed by atoms with van der Waals surface area (Å²) in [5.74, 6) is -0.809. The van der Waals surface area contributed by atoms with Gasteiger partial charge in [0.25, 0.3) is 11.8 Å². The van der Waals surface area contributed by atoms with Crippen molar-refractivity contribution >= 4 is 24.2 Å². The van der Waals surface area contributed by atoms with E-state index in [2.05, 4.69) is 21.1 Å². The number of hydrogen-bond acceptors (Lipinski definition) is 5. The Kier molecular flexibility index (Phi) is 7.96. The summed E-state index contributed by atoms with van der Waals surface area (Å²) in [4.78, 5) is 24.5. The zero-order valence-corrected chi connectivity index (χ0v) is 19.3. The van der Waals surface area contributed by atoms with Crippen molar-refractivity contribution in [3.63, 3.8) is 0 Å². The molecule has 0 heterocycles. The van der Waals surface area contributed by atoms with Crippen LogP contribution in [0.1, 0.15) is 43.0 Å². The van der Waals surface area contributed by atoms with Crippen molar-refractivity contribution in [3.8, 4) is 5.75 Å². The zero-order valence-electron chi connectivity index (χ0n) is 19.3. The highest BCUT2D eigenvalue weighted by molar-refractivity contribution is 5.97. The minimum atomic E-state index is -0.364. The van der Waals surface area contributed by atoms with Gasteiger partial charge < -0.3 is 5.11 Å². The van der Waals surface area contributed by atoms with Gasteiger partial charge in [0.15, 0.2) is 0 Å². The number of phenolic OH excluding ortho intramolecular Hbond substituents is 1. The molecule has 0 saturated heterocycles. The topological polar surface area (TPSA) is 103 Å². The van der Waals surface area contributed by atoms with Crippen molar-refractivity contribution in [2.75, 3.05) is 0 Å². The van der Waals surface area contributed by atoms with E-state index in [1.54, 1.807) is 60.7 Å². The van der Waals surface area contributed by atoms with E-state index in [4.69, 9.17) is 0 Å². The average molecular weight is 477 g/mol. The minimum absolute atomic E-state index is 0.0813. The first-order chi connectivity index (χ1) is 17.6. The third-order valence-corrected chi connectivity index (χ3v) is 5.29. The molecule has 0 aliphatic carbocycles. The highest BCUT2D eigenvalue weighted by Crippen LogP contribution is 2.24. The van der Waals surface area contributed by atoms with E-state index < -0.39 is 0 Å². The minimum Gasteiger partial charge on any atom is -0.507 e. The van der Waals surface area contributed by atoms with Crippen LogP contribution in [0.15, 0.2) is 113 Å². The molecule has 0 radical (unpaired) electrons. The standard InChI is InChI=1S/C29H24N4O3/c34-27-25(19-30-32-28(35)23-12-6-2-7-13-23)17-22(16-21-10-4-1-5-11-21)18-26(27)20-31-33-29(36)24-14-8-3-9-15-24/h1-15,17-20,34H,16H2,(H,32,35)(H,33,36)/b30-19-,31-20-.